The number of likely N-dealkylation sites (tertiary alicyclic amines) is 1. The van der Waals surface area contributed by atoms with Gasteiger partial charge in [0.05, 0.1) is 5.41 Å². The van der Waals surface area contributed by atoms with Gasteiger partial charge in [0.1, 0.15) is 0 Å². The Balaban J connectivity index is 1.92. The number of hydrogen-bond acceptors (Lipinski definition) is 3. The molecule has 2 heterocycles. The molecule has 2 fully saturated rings. The fourth-order valence-electron chi connectivity index (χ4n) is 3.39. The molecule has 4 nitrogen and oxygen atoms in total. The first-order chi connectivity index (χ1) is 10.1. The van der Waals surface area contributed by atoms with E-state index < -0.39 is 5.41 Å². The number of nitrogens with zero attached hydrogens (tertiary/aromatic N) is 1. The van der Waals surface area contributed by atoms with Gasteiger partial charge in [-0.3, -0.25) is 4.79 Å². The van der Waals surface area contributed by atoms with Gasteiger partial charge >= 0.3 is 0 Å². The van der Waals surface area contributed by atoms with Crippen molar-refractivity contribution in [1.82, 2.24) is 4.90 Å². The van der Waals surface area contributed by atoms with Crippen LogP contribution in [0, 0.1) is 0 Å². The standard InChI is InChI=1S/C16H21ClN2O2/c17-13-3-1-12(2-4-13)16(6-9-21-10-7-16)15(20)19-8-5-14(18)11-19/h1-4,14H,5-11,18H2. The zero-order valence-electron chi connectivity index (χ0n) is 12.1. The number of carbonyl (C=O) groups excluding carboxylic acids is 1. The van der Waals surface area contributed by atoms with Crippen molar-refractivity contribution in [2.45, 2.75) is 30.7 Å². The van der Waals surface area contributed by atoms with Gasteiger partial charge in [-0.15, -0.1) is 0 Å². The van der Waals surface area contributed by atoms with Crippen LogP contribution in [-0.2, 0) is 14.9 Å². The second-order valence-corrected chi connectivity index (χ2v) is 6.44. The summed E-state index contributed by atoms with van der Waals surface area (Å²) in [5.41, 5.74) is 6.52. The molecule has 2 saturated heterocycles. The van der Waals surface area contributed by atoms with Crippen LogP contribution in [0.25, 0.3) is 0 Å². The van der Waals surface area contributed by atoms with Crippen LogP contribution in [0.2, 0.25) is 5.02 Å². The van der Waals surface area contributed by atoms with E-state index in [2.05, 4.69) is 0 Å². The molecule has 5 heteroatoms. The van der Waals surface area contributed by atoms with E-state index in [0.29, 0.717) is 24.8 Å². The molecule has 1 aromatic rings. The Kier molecular flexibility index (Phi) is 4.20. The third-order valence-corrected chi connectivity index (χ3v) is 4.92. The van der Waals surface area contributed by atoms with E-state index in [0.717, 1.165) is 31.4 Å². The Bertz CT molecular complexity index is 512. The summed E-state index contributed by atoms with van der Waals surface area (Å²) in [5.74, 6) is 0.195. The maximum atomic E-state index is 13.1. The molecule has 2 N–H and O–H groups in total. The zero-order chi connectivity index (χ0) is 14.9. The van der Waals surface area contributed by atoms with Crippen LogP contribution in [0.15, 0.2) is 24.3 Å². The van der Waals surface area contributed by atoms with Crippen LogP contribution in [0.5, 0.6) is 0 Å². The van der Waals surface area contributed by atoms with E-state index in [4.69, 9.17) is 22.1 Å². The molecule has 1 aromatic carbocycles. The number of nitrogens with two attached hydrogens (primary N) is 1. The summed E-state index contributed by atoms with van der Waals surface area (Å²) in [7, 11) is 0. The van der Waals surface area contributed by atoms with Crippen molar-refractivity contribution in [3.8, 4) is 0 Å². The van der Waals surface area contributed by atoms with Gasteiger partial charge in [0.15, 0.2) is 0 Å². The third kappa shape index (κ3) is 2.80. The van der Waals surface area contributed by atoms with Gasteiger partial charge in [0.2, 0.25) is 5.91 Å². The second-order valence-electron chi connectivity index (χ2n) is 6.00. The maximum Gasteiger partial charge on any atom is 0.233 e. The predicted molar refractivity (Wildman–Crippen MR) is 82.4 cm³/mol. The first kappa shape index (κ1) is 14.8. The lowest BCUT2D eigenvalue weighted by Gasteiger charge is -2.39. The number of hydrogen-bond donors (Lipinski definition) is 1. The Morgan fingerprint density at radius 2 is 1.95 bits per heavy atom. The third-order valence-electron chi connectivity index (χ3n) is 4.66. The lowest BCUT2D eigenvalue weighted by atomic mass is 9.73. The van der Waals surface area contributed by atoms with Crippen LogP contribution in [0.1, 0.15) is 24.8 Å². The molecule has 3 rings (SSSR count). The minimum atomic E-state index is -0.479. The van der Waals surface area contributed by atoms with Crippen LogP contribution in [0.3, 0.4) is 0 Å². The van der Waals surface area contributed by atoms with Crippen molar-refractivity contribution in [1.29, 1.82) is 0 Å². The number of benzene rings is 1. The first-order valence-corrected chi connectivity index (χ1v) is 7.88. The molecule has 1 amide bonds. The predicted octanol–water partition coefficient (Wildman–Crippen LogP) is 1.95. The molecule has 0 aromatic heterocycles. The average molecular weight is 309 g/mol. The van der Waals surface area contributed by atoms with E-state index in [1.165, 1.54) is 0 Å². The van der Waals surface area contributed by atoms with Gasteiger partial charge in [0.25, 0.3) is 0 Å². The van der Waals surface area contributed by atoms with Crippen molar-refractivity contribution in [2.24, 2.45) is 5.73 Å². The molecule has 0 saturated carbocycles. The lowest BCUT2D eigenvalue weighted by molar-refractivity contribution is -0.140. The minimum absolute atomic E-state index is 0.107. The number of rotatable bonds is 2. The monoisotopic (exact) mass is 308 g/mol. The molecule has 0 bridgehead atoms. The SMILES string of the molecule is NC1CCN(C(=O)C2(c3ccc(Cl)cc3)CCOCC2)C1. The summed E-state index contributed by atoms with van der Waals surface area (Å²) >= 11 is 5.99. The van der Waals surface area contributed by atoms with E-state index in [1.54, 1.807) is 0 Å². The largest absolute Gasteiger partial charge is 0.381 e. The highest BCUT2D eigenvalue weighted by molar-refractivity contribution is 6.30. The fraction of sp³-hybridized carbons (Fsp3) is 0.562. The first-order valence-electron chi connectivity index (χ1n) is 7.50. The van der Waals surface area contributed by atoms with Crippen LogP contribution in [-0.4, -0.2) is 43.2 Å². The van der Waals surface area contributed by atoms with E-state index in [1.807, 2.05) is 29.2 Å². The topological polar surface area (TPSA) is 55.6 Å². The number of amides is 1. The minimum Gasteiger partial charge on any atom is -0.381 e. The quantitative estimate of drug-likeness (QED) is 0.908. The fourth-order valence-corrected chi connectivity index (χ4v) is 3.52. The highest BCUT2D eigenvalue weighted by Gasteiger charge is 2.45. The van der Waals surface area contributed by atoms with Gasteiger partial charge in [-0.2, -0.15) is 0 Å². The molecule has 1 unspecified atom stereocenters. The lowest BCUT2D eigenvalue weighted by Crippen LogP contribution is -2.49. The molecule has 1 atom stereocenters. The molecule has 21 heavy (non-hydrogen) atoms. The van der Waals surface area contributed by atoms with Gasteiger partial charge in [-0.05, 0) is 37.0 Å². The van der Waals surface area contributed by atoms with Gasteiger partial charge in [-0.1, -0.05) is 23.7 Å². The van der Waals surface area contributed by atoms with E-state index in [9.17, 15) is 4.79 Å². The molecule has 2 aliphatic rings. The number of carbonyl (C=O) groups is 1. The van der Waals surface area contributed by atoms with Crippen molar-refractivity contribution >= 4 is 17.5 Å². The molecule has 0 spiro atoms. The summed E-state index contributed by atoms with van der Waals surface area (Å²) in [6.07, 6.45) is 2.33. The Hall–Kier alpha value is -1.10. The van der Waals surface area contributed by atoms with Crippen LogP contribution < -0.4 is 5.73 Å². The molecule has 2 aliphatic heterocycles. The summed E-state index contributed by atoms with van der Waals surface area (Å²) in [6, 6.07) is 7.77. The highest BCUT2D eigenvalue weighted by atomic mass is 35.5. The number of halogens is 1. The Morgan fingerprint density at radius 1 is 1.29 bits per heavy atom. The van der Waals surface area contributed by atoms with Gasteiger partial charge in [-0.25, -0.2) is 0 Å². The summed E-state index contributed by atoms with van der Waals surface area (Å²) in [5, 5.41) is 0.691. The maximum absolute atomic E-state index is 13.1. The van der Waals surface area contributed by atoms with E-state index in [-0.39, 0.29) is 11.9 Å². The van der Waals surface area contributed by atoms with E-state index >= 15 is 0 Å². The second kappa shape index (κ2) is 5.95. The Labute approximate surface area is 130 Å². The van der Waals surface area contributed by atoms with Crippen molar-refractivity contribution in [2.75, 3.05) is 26.3 Å². The average Bonchev–Trinajstić information content (AvgIpc) is 2.94. The molecular weight excluding hydrogens is 288 g/mol. The van der Waals surface area contributed by atoms with Crippen molar-refractivity contribution < 1.29 is 9.53 Å². The summed E-state index contributed by atoms with van der Waals surface area (Å²) < 4.78 is 5.48. The molecule has 0 aliphatic carbocycles. The normalized spacial score (nSPS) is 25.0. The van der Waals surface area contributed by atoms with Gasteiger partial charge < -0.3 is 15.4 Å². The molecule has 0 radical (unpaired) electrons. The summed E-state index contributed by atoms with van der Waals surface area (Å²) in [6.45, 7) is 2.66. The van der Waals surface area contributed by atoms with Crippen molar-refractivity contribution in [3.05, 3.63) is 34.9 Å². The smallest absolute Gasteiger partial charge is 0.233 e. The van der Waals surface area contributed by atoms with Crippen molar-refractivity contribution in [3.63, 3.8) is 0 Å². The van der Waals surface area contributed by atoms with Crippen LogP contribution >= 0.6 is 11.6 Å². The Morgan fingerprint density at radius 3 is 2.52 bits per heavy atom. The van der Waals surface area contributed by atoms with Gasteiger partial charge in [0, 0.05) is 37.4 Å². The zero-order valence-corrected chi connectivity index (χ0v) is 12.8. The number of ether oxygens (including phenoxy) is 1. The van der Waals surface area contributed by atoms with Crippen LogP contribution in [0.4, 0.5) is 0 Å². The summed E-state index contributed by atoms with van der Waals surface area (Å²) in [4.78, 5) is 15.1. The molecular formula is C16H21ClN2O2. The highest BCUT2D eigenvalue weighted by Crippen LogP contribution is 2.38. The molecule has 114 valence electrons.